The van der Waals surface area contributed by atoms with Crippen molar-refractivity contribution in [1.29, 1.82) is 0 Å². The molecule has 0 atom stereocenters. The van der Waals surface area contributed by atoms with Gasteiger partial charge in [0.1, 0.15) is 0 Å². The molecule has 1 heterocycles. The van der Waals surface area contributed by atoms with Crippen molar-refractivity contribution in [2.75, 3.05) is 13.1 Å². The molecule has 0 saturated carbocycles. The lowest BCUT2D eigenvalue weighted by molar-refractivity contribution is -0.130. The quantitative estimate of drug-likeness (QED) is 0.487. The van der Waals surface area contributed by atoms with Gasteiger partial charge in [-0.1, -0.05) is 65.7 Å². The minimum absolute atomic E-state index is 0.125. The summed E-state index contributed by atoms with van der Waals surface area (Å²) in [6, 6.07) is 8.06. The predicted molar refractivity (Wildman–Crippen MR) is 116 cm³/mol. The van der Waals surface area contributed by atoms with Crippen molar-refractivity contribution in [2.24, 2.45) is 5.41 Å². The molecule has 0 bridgehead atoms. The Morgan fingerprint density at radius 1 is 1.00 bits per heavy atom. The molecule has 2 aromatic rings. The van der Waals surface area contributed by atoms with Gasteiger partial charge in [0, 0.05) is 23.2 Å². The first-order valence-electron chi connectivity index (χ1n) is 10.1. The highest BCUT2D eigenvalue weighted by Gasteiger charge is 2.29. The molecule has 0 aliphatic heterocycles. The molecule has 0 spiro atoms. The fourth-order valence-corrected chi connectivity index (χ4v) is 4.49. The number of ketones is 1. The third-order valence-corrected chi connectivity index (χ3v) is 6.04. The second-order valence-electron chi connectivity index (χ2n) is 8.25. The number of hydrogen-bond acceptors (Lipinski definition) is 3. The van der Waals surface area contributed by atoms with Crippen LogP contribution in [0.15, 0.2) is 24.3 Å². The average Bonchev–Trinajstić information content (AvgIpc) is 2.98. The van der Waals surface area contributed by atoms with Crippen LogP contribution in [0.4, 0.5) is 0 Å². The zero-order chi connectivity index (χ0) is 20.0. The van der Waals surface area contributed by atoms with Crippen LogP contribution in [0.5, 0.6) is 0 Å². The number of Topliss-reactive ketones (excluding diaryl/α,β-unsaturated/α-hetero) is 1. The van der Waals surface area contributed by atoms with E-state index in [-0.39, 0.29) is 11.7 Å². The highest BCUT2D eigenvalue weighted by molar-refractivity contribution is 7.21. The molecule has 3 nitrogen and oxygen atoms in total. The molecular weight excluding hydrogens is 354 g/mol. The maximum atomic E-state index is 13.1. The summed E-state index contributed by atoms with van der Waals surface area (Å²) in [4.78, 5) is 28.9. The molecular formula is C23H33NO2S. The largest absolute Gasteiger partial charge is 0.342 e. The second-order valence-corrected chi connectivity index (χ2v) is 9.30. The molecule has 0 radical (unpaired) electrons. The molecule has 0 unspecified atom stereocenters. The van der Waals surface area contributed by atoms with Gasteiger partial charge in [0.2, 0.25) is 5.91 Å². The highest BCUT2D eigenvalue weighted by atomic mass is 32.1. The van der Waals surface area contributed by atoms with Crippen LogP contribution in [0.2, 0.25) is 0 Å². The van der Waals surface area contributed by atoms with Gasteiger partial charge in [0.05, 0.1) is 11.3 Å². The lowest BCUT2D eigenvalue weighted by Crippen LogP contribution is -2.34. The number of amides is 1. The summed E-state index contributed by atoms with van der Waals surface area (Å²) in [5.41, 5.74) is 0.460. The number of rotatable bonds is 9. The lowest BCUT2D eigenvalue weighted by atomic mass is 9.88. The van der Waals surface area contributed by atoms with Crippen LogP contribution in [-0.2, 0) is 11.2 Å². The Kier molecular flexibility index (Phi) is 7.60. The van der Waals surface area contributed by atoms with Gasteiger partial charge in [-0.3, -0.25) is 9.59 Å². The predicted octanol–water partition coefficient (Wildman–Crippen LogP) is 6.10. The molecule has 2 rings (SSSR count). The van der Waals surface area contributed by atoms with Gasteiger partial charge in [0.15, 0.2) is 5.78 Å². The summed E-state index contributed by atoms with van der Waals surface area (Å²) in [7, 11) is 0. The number of nitrogens with zero attached hydrogens (tertiary/aromatic N) is 1. The van der Waals surface area contributed by atoms with Crippen molar-refractivity contribution >= 4 is 33.1 Å². The summed E-state index contributed by atoms with van der Waals surface area (Å²) in [6.07, 6.45) is 4.51. The third kappa shape index (κ3) is 5.41. The van der Waals surface area contributed by atoms with Gasteiger partial charge in [-0.2, -0.15) is 0 Å². The maximum Gasteiger partial charge on any atom is 0.227 e. The van der Waals surface area contributed by atoms with Gasteiger partial charge in [-0.05, 0) is 29.9 Å². The monoisotopic (exact) mass is 387 g/mol. The van der Waals surface area contributed by atoms with Crippen LogP contribution in [0.25, 0.3) is 10.1 Å². The molecule has 1 amide bonds. The van der Waals surface area contributed by atoms with Crippen LogP contribution in [0.1, 0.15) is 75.5 Å². The molecule has 0 saturated heterocycles. The molecule has 0 N–H and O–H groups in total. The van der Waals surface area contributed by atoms with Gasteiger partial charge in [-0.25, -0.2) is 0 Å². The van der Waals surface area contributed by atoms with Crippen LogP contribution < -0.4 is 0 Å². The van der Waals surface area contributed by atoms with E-state index >= 15 is 0 Å². The van der Waals surface area contributed by atoms with E-state index in [2.05, 4.69) is 13.8 Å². The van der Waals surface area contributed by atoms with Crippen molar-refractivity contribution in [2.45, 2.75) is 66.7 Å². The summed E-state index contributed by atoms with van der Waals surface area (Å²) >= 11 is 1.53. The van der Waals surface area contributed by atoms with Gasteiger partial charge < -0.3 is 4.90 Å². The van der Waals surface area contributed by atoms with Crippen LogP contribution in [-0.4, -0.2) is 29.7 Å². The van der Waals surface area contributed by atoms with Gasteiger partial charge in [-0.15, -0.1) is 11.3 Å². The zero-order valence-corrected chi connectivity index (χ0v) is 18.2. The number of benzene rings is 1. The van der Waals surface area contributed by atoms with E-state index in [1.54, 1.807) is 0 Å². The molecule has 1 aromatic heterocycles. The Morgan fingerprint density at radius 2 is 1.59 bits per heavy atom. The van der Waals surface area contributed by atoms with E-state index in [9.17, 15) is 9.59 Å². The Hall–Kier alpha value is -1.68. The van der Waals surface area contributed by atoms with E-state index in [1.807, 2.05) is 49.9 Å². The fraction of sp³-hybridized carbons (Fsp3) is 0.565. The van der Waals surface area contributed by atoms with Crippen molar-refractivity contribution in [1.82, 2.24) is 4.90 Å². The number of hydrogen-bond donors (Lipinski definition) is 0. The molecule has 4 heteroatoms. The van der Waals surface area contributed by atoms with Crippen LogP contribution >= 0.6 is 11.3 Å². The van der Waals surface area contributed by atoms with E-state index in [0.29, 0.717) is 6.42 Å². The lowest BCUT2D eigenvalue weighted by Gasteiger charge is -2.23. The molecule has 148 valence electrons. The van der Waals surface area contributed by atoms with E-state index in [4.69, 9.17) is 0 Å². The minimum atomic E-state index is -0.456. The van der Waals surface area contributed by atoms with Crippen molar-refractivity contribution in [3.05, 3.63) is 34.7 Å². The molecule has 0 aliphatic rings. The van der Waals surface area contributed by atoms with E-state index < -0.39 is 5.41 Å². The zero-order valence-electron chi connectivity index (χ0n) is 17.4. The van der Waals surface area contributed by atoms with E-state index in [1.165, 1.54) is 11.3 Å². The normalized spacial score (nSPS) is 11.7. The Morgan fingerprint density at radius 3 is 2.15 bits per heavy atom. The average molecular weight is 388 g/mol. The minimum Gasteiger partial charge on any atom is -0.342 e. The van der Waals surface area contributed by atoms with Gasteiger partial charge in [0.25, 0.3) is 0 Å². The Balaban J connectivity index is 2.37. The van der Waals surface area contributed by atoms with Crippen LogP contribution in [0.3, 0.4) is 0 Å². The first-order valence-corrected chi connectivity index (χ1v) is 10.9. The summed E-state index contributed by atoms with van der Waals surface area (Å²) in [6.45, 7) is 11.7. The van der Waals surface area contributed by atoms with Crippen molar-refractivity contribution in [3.8, 4) is 0 Å². The molecule has 1 aromatic carbocycles. The van der Waals surface area contributed by atoms with Gasteiger partial charge >= 0.3 is 0 Å². The highest BCUT2D eigenvalue weighted by Crippen LogP contribution is 2.36. The number of carbonyl (C=O) groups is 2. The molecule has 27 heavy (non-hydrogen) atoms. The first-order chi connectivity index (χ1) is 12.8. The smallest absolute Gasteiger partial charge is 0.227 e. The maximum absolute atomic E-state index is 13.1. The summed E-state index contributed by atoms with van der Waals surface area (Å²) < 4.78 is 1.08. The third-order valence-electron chi connectivity index (χ3n) is 4.83. The molecule has 0 aliphatic carbocycles. The second kappa shape index (κ2) is 9.50. The molecule has 0 fully saturated rings. The summed E-state index contributed by atoms with van der Waals surface area (Å²) in [5.74, 6) is 0.267. The van der Waals surface area contributed by atoms with Crippen molar-refractivity contribution < 1.29 is 9.59 Å². The fourth-order valence-electron chi connectivity index (χ4n) is 3.12. The standard InChI is InChI=1S/C23H33NO2S/c1-6-8-14-24(15-9-7-2)20(25)16-18-17-12-10-11-13-19(17)27-21(18)22(26)23(3,4)5/h10-13H,6-9,14-16H2,1-5H3. The van der Waals surface area contributed by atoms with E-state index in [0.717, 1.165) is 59.3 Å². The SMILES string of the molecule is CCCCN(CCCC)C(=O)Cc1c(C(=O)C(C)(C)C)sc2ccccc12. The van der Waals surface area contributed by atoms with Crippen molar-refractivity contribution in [3.63, 3.8) is 0 Å². The van der Waals surface area contributed by atoms with Crippen LogP contribution in [0, 0.1) is 5.41 Å². The first kappa shape index (κ1) is 21.6. The Bertz CT molecular complexity index is 777. The summed E-state index contributed by atoms with van der Waals surface area (Å²) in [5, 5.41) is 1.05. The number of unbranched alkanes of at least 4 members (excludes halogenated alkanes) is 2. The number of carbonyl (C=O) groups excluding carboxylic acids is 2. The Labute approximate surface area is 167 Å². The topological polar surface area (TPSA) is 37.4 Å². The number of thiophene rings is 1. The number of fused-ring (bicyclic) bond motifs is 1.